The molecule has 1 atom stereocenters. The fourth-order valence-corrected chi connectivity index (χ4v) is 4.01. The van der Waals surface area contributed by atoms with Crippen LogP contribution in [0, 0.1) is 6.92 Å². The van der Waals surface area contributed by atoms with Gasteiger partial charge >= 0.3 is 0 Å². The predicted molar refractivity (Wildman–Crippen MR) is 96.0 cm³/mol. The molecule has 136 valence electrons. The maximum atomic E-state index is 12.8. The molecule has 7 heteroatoms. The number of aryl methyl sites for hydroxylation is 1. The predicted octanol–water partition coefficient (Wildman–Crippen LogP) is 3.06. The Kier molecular flexibility index (Phi) is 5.92. The Morgan fingerprint density at radius 1 is 0.920 bits per heavy atom. The van der Waals surface area contributed by atoms with Gasteiger partial charge in [0.2, 0.25) is 10.0 Å². The number of nitrogens with one attached hydrogen (secondary N) is 1. The van der Waals surface area contributed by atoms with Crippen LogP contribution in [0.3, 0.4) is 0 Å². The first-order valence-electron chi connectivity index (χ1n) is 7.71. The zero-order chi connectivity index (χ0) is 18.6. The molecule has 0 unspecified atom stereocenters. The zero-order valence-electron chi connectivity index (χ0n) is 15.0. The van der Waals surface area contributed by atoms with Gasteiger partial charge in [-0.3, -0.25) is 0 Å². The van der Waals surface area contributed by atoms with Crippen molar-refractivity contribution in [1.82, 2.24) is 4.72 Å². The molecule has 1 N–H and O–H groups in total. The molecule has 0 saturated carbocycles. The van der Waals surface area contributed by atoms with Crippen molar-refractivity contribution in [2.45, 2.75) is 24.8 Å². The van der Waals surface area contributed by atoms with Crippen LogP contribution in [0.2, 0.25) is 0 Å². The SMILES string of the molecule is COc1ccc(OC)c([C@@H](C)NS(=O)(=O)c2cc(C)ccc2OC)c1. The number of sulfonamides is 1. The van der Waals surface area contributed by atoms with Crippen molar-refractivity contribution in [1.29, 1.82) is 0 Å². The molecule has 0 aliphatic heterocycles. The van der Waals surface area contributed by atoms with Gasteiger partial charge in [-0.05, 0) is 49.7 Å². The molecule has 0 bridgehead atoms. The lowest BCUT2D eigenvalue weighted by Crippen LogP contribution is -2.27. The quantitative estimate of drug-likeness (QED) is 0.816. The molecule has 0 aromatic heterocycles. The third-order valence-electron chi connectivity index (χ3n) is 3.84. The van der Waals surface area contributed by atoms with Crippen molar-refractivity contribution >= 4 is 10.0 Å². The molecule has 25 heavy (non-hydrogen) atoms. The summed E-state index contributed by atoms with van der Waals surface area (Å²) in [6, 6.07) is 9.74. The molecule has 0 fully saturated rings. The van der Waals surface area contributed by atoms with Gasteiger partial charge in [0.05, 0.1) is 21.3 Å². The molecular formula is C18H23NO5S. The summed E-state index contributed by atoms with van der Waals surface area (Å²) in [6.07, 6.45) is 0. The minimum Gasteiger partial charge on any atom is -0.497 e. The van der Waals surface area contributed by atoms with E-state index in [0.717, 1.165) is 5.56 Å². The summed E-state index contributed by atoms with van der Waals surface area (Å²) in [6.45, 7) is 3.57. The summed E-state index contributed by atoms with van der Waals surface area (Å²) in [4.78, 5) is 0.101. The summed E-state index contributed by atoms with van der Waals surface area (Å²) in [7, 11) is 0.745. The van der Waals surface area contributed by atoms with E-state index in [1.165, 1.54) is 14.2 Å². The van der Waals surface area contributed by atoms with E-state index in [2.05, 4.69) is 4.72 Å². The second-order valence-electron chi connectivity index (χ2n) is 5.61. The van der Waals surface area contributed by atoms with Gasteiger partial charge in [0.15, 0.2) is 0 Å². The fourth-order valence-electron chi connectivity index (χ4n) is 2.53. The largest absolute Gasteiger partial charge is 0.497 e. The smallest absolute Gasteiger partial charge is 0.244 e. The van der Waals surface area contributed by atoms with Gasteiger partial charge in [0.1, 0.15) is 22.1 Å². The lowest BCUT2D eigenvalue weighted by atomic mass is 10.1. The van der Waals surface area contributed by atoms with E-state index in [1.54, 1.807) is 50.4 Å². The second kappa shape index (κ2) is 7.76. The Hall–Kier alpha value is -2.25. The average molecular weight is 365 g/mol. The van der Waals surface area contributed by atoms with Crippen molar-refractivity contribution in [2.24, 2.45) is 0 Å². The molecule has 0 aliphatic carbocycles. The minimum absolute atomic E-state index is 0.101. The van der Waals surface area contributed by atoms with Gasteiger partial charge in [-0.25, -0.2) is 13.1 Å². The summed E-state index contributed by atoms with van der Waals surface area (Å²) in [5.41, 5.74) is 1.50. The van der Waals surface area contributed by atoms with Crippen molar-refractivity contribution in [2.75, 3.05) is 21.3 Å². The lowest BCUT2D eigenvalue weighted by molar-refractivity contribution is 0.394. The molecule has 0 aliphatic rings. The summed E-state index contributed by atoms with van der Waals surface area (Å²) in [5.74, 6) is 1.49. The molecule has 2 aromatic rings. The highest BCUT2D eigenvalue weighted by molar-refractivity contribution is 7.89. The Morgan fingerprint density at radius 2 is 1.56 bits per heavy atom. The number of ether oxygens (including phenoxy) is 3. The highest BCUT2D eigenvalue weighted by Crippen LogP contribution is 2.31. The molecule has 2 aromatic carbocycles. The molecule has 0 heterocycles. The summed E-state index contributed by atoms with van der Waals surface area (Å²) >= 11 is 0. The van der Waals surface area contributed by atoms with Crippen LogP contribution in [0.5, 0.6) is 17.2 Å². The van der Waals surface area contributed by atoms with Crippen LogP contribution in [-0.2, 0) is 10.0 Å². The van der Waals surface area contributed by atoms with E-state index in [-0.39, 0.29) is 4.90 Å². The van der Waals surface area contributed by atoms with Crippen LogP contribution in [0.15, 0.2) is 41.3 Å². The Balaban J connectivity index is 2.40. The normalized spacial score (nSPS) is 12.5. The Labute approximate surface area is 148 Å². The molecule has 0 spiro atoms. The number of hydrogen-bond acceptors (Lipinski definition) is 5. The van der Waals surface area contributed by atoms with E-state index in [9.17, 15) is 8.42 Å². The summed E-state index contributed by atoms with van der Waals surface area (Å²) < 4.78 is 44.1. The van der Waals surface area contributed by atoms with E-state index in [4.69, 9.17) is 14.2 Å². The number of rotatable bonds is 7. The number of methoxy groups -OCH3 is 3. The van der Waals surface area contributed by atoms with Gasteiger partial charge in [0, 0.05) is 11.6 Å². The lowest BCUT2D eigenvalue weighted by Gasteiger charge is -2.19. The molecular weight excluding hydrogens is 342 g/mol. The van der Waals surface area contributed by atoms with E-state index in [0.29, 0.717) is 22.8 Å². The average Bonchev–Trinajstić information content (AvgIpc) is 2.60. The minimum atomic E-state index is -3.79. The molecule has 6 nitrogen and oxygen atoms in total. The van der Waals surface area contributed by atoms with Gasteiger partial charge < -0.3 is 14.2 Å². The third-order valence-corrected chi connectivity index (χ3v) is 5.41. The summed E-state index contributed by atoms with van der Waals surface area (Å²) in [5, 5.41) is 0. The van der Waals surface area contributed by atoms with Crippen LogP contribution < -0.4 is 18.9 Å². The Morgan fingerprint density at radius 3 is 2.16 bits per heavy atom. The van der Waals surface area contributed by atoms with Crippen molar-refractivity contribution in [3.05, 3.63) is 47.5 Å². The maximum Gasteiger partial charge on any atom is 0.244 e. The number of benzene rings is 2. The first-order valence-corrected chi connectivity index (χ1v) is 9.19. The highest BCUT2D eigenvalue weighted by Gasteiger charge is 2.24. The maximum absolute atomic E-state index is 12.8. The first-order chi connectivity index (χ1) is 11.8. The van der Waals surface area contributed by atoms with Crippen LogP contribution >= 0.6 is 0 Å². The molecule has 0 saturated heterocycles. The molecule has 2 rings (SSSR count). The van der Waals surface area contributed by atoms with Gasteiger partial charge in [-0.2, -0.15) is 0 Å². The second-order valence-corrected chi connectivity index (χ2v) is 7.29. The molecule has 0 amide bonds. The Bertz CT molecular complexity index is 849. The monoisotopic (exact) mass is 365 g/mol. The van der Waals surface area contributed by atoms with E-state index in [1.807, 2.05) is 6.92 Å². The third kappa shape index (κ3) is 4.24. The van der Waals surface area contributed by atoms with Crippen LogP contribution in [0.4, 0.5) is 0 Å². The van der Waals surface area contributed by atoms with Crippen molar-refractivity contribution in [3.63, 3.8) is 0 Å². The van der Waals surface area contributed by atoms with Crippen LogP contribution in [0.25, 0.3) is 0 Å². The van der Waals surface area contributed by atoms with Gasteiger partial charge in [-0.15, -0.1) is 0 Å². The van der Waals surface area contributed by atoms with E-state index >= 15 is 0 Å². The van der Waals surface area contributed by atoms with Crippen molar-refractivity contribution < 1.29 is 22.6 Å². The van der Waals surface area contributed by atoms with Crippen LogP contribution in [-0.4, -0.2) is 29.7 Å². The van der Waals surface area contributed by atoms with Crippen LogP contribution in [0.1, 0.15) is 24.1 Å². The fraction of sp³-hybridized carbons (Fsp3) is 0.333. The van der Waals surface area contributed by atoms with E-state index < -0.39 is 16.1 Å². The first kappa shape index (κ1) is 19.1. The van der Waals surface area contributed by atoms with Gasteiger partial charge in [-0.1, -0.05) is 6.07 Å². The van der Waals surface area contributed by atoms with Crippen molar-refractivity contribution in [3.8, 4) is 17.2 Å². The number of hydrogen-bond donors (Lipinski definition) is 1. The zero-order valence-corrected chi connectivity index (χ0v) is 15.8. The molecule has 0 radical (unpaired) electrons. The topological polar surface area (TPSA) is 73.9 Å². The highest BCUT2D eigenvalue weighted by atomic mass is 32.2. The standard InChI is InChI=1S/C18H23NO5S/c1-12-6-8-17(24-5)18(10-12)25(20,21)19-13(2)15-11-14(22-3)7-9-16(15)23-4/h6-11,13,19H,1-5H3/t13-/m1/s1. The van der Waals surface area contributed by atoms with Gasteiger partial charge in [0.25, 0.3) is 0 Å².